The van der Waals surface area contributed by atoms with Crippen LogP contribution < -0.4 is 50.6 Å². The average molecular weight is 1650 g/mol. The summed E-state index contributed by atoms with van der Waals surface area (Å²) in [6, 6.07) is 25.4. The van der Waals surface area contributed by atoms with Gasteiger partial charge in [0.1, 0.15) is 41.5 Å². The monoisotopic (exact) mass is 1650 g/mol. The Labute approximate surface area is 697 Å². The number of hydrogen-bond acceptors (Lipinski definition) is 23. The van der Waals surface area contributed by atoms with Crippen molar-refractivity contribution in [1.29, 1.82) is 0 Å². The van der Waals surface area contributed by atoms with E-state index in [4.69, 9.17) is 38.1 Å². The van der Waals surface area contributed by atoms with Gasteiger partial charge in [0.25, 0.3) is 17.5 Å². The molecule has 5 aromatic rings. The van der Waals surface area contributed by atoms with Crippen LogP contribution in [0.4, 0.5) is 26.7 Å². The molecule has 4 bridgehead atoms. The summed E-state index contributed by atoms with van der Waals surface area (Å²) >= 11 is 0. The van der Waals surface area contributed by atoms with E-state index in [0.717, 1.165) is 66.1 Å². The second kappa shape index (κ2) is 41.0. The zero-order chi connectivity index (χ0) is 87.1. The Kier molecular flexibility index (Phi) is 31.8. The van der Waals surface area contributed by atoms with E-state index in [1.807, 2.05) is 113 Å². The molecule has 0 unspecified atom stereocenters. The lowest BCUT2D eigenvalue weighted by molar-refractivity contribution is -0.384. The van der Waals surface area contributed by atoms with Crippen LogP contribution in [0, 0.1) is 68.3 Å². The highest BCUT2D eigenvalue weighted by molar-refractivity contribution is 5.98. The Bertz CT molecular complexity index is 4480. The molecular weight excluding hydrogens is 1530 g/mol. The van der Waals surface area contributed by atoms with E-state index in [9.17, 15) is 49.9 Å². The van der Waals surface area contributed by atoms with Crippen molar-refractivity contribution in [1.82, 2.24) is 41.6 Å². The maximum atomic E-state index is 14.8. The van der Waals surface area contributed by atoms with Gasteiger partial charge in [0.2, 0.25) is 11.8 Å². The molecule has 9 fully saturated rings. The van der Waals surface area contributed by atoms with Gasteiger partial charge in [-0.05, 0) is 184 Å². The Balaban J connectivity index is 0.000000249. The summed E-state index contributed by atoms with van der Waals surface area (Å²) in [4.78, 5) is 116. The van der Waals surface area contributed by atoms with E-state index in [2.05, 4.69) is 88.2 Å². The molecule has 16 atom stereocenters. The minimum atomic E-state index is -1.10. The fourth-order valence-electron chi connectivity index (χ4n) is 18.3. The van der Waals surface area contributed by atoms with Crippen LogP contribution >= 0.6 is 0 Å². The van der Waals surface area contributed by atoms with Crippen LogP contribution in [-0.2, 0) is 46.6 Å². The third kappa shape index (κ3) is 21.4. The maximum absolute atomic E-state index is 14.8. The second-order valence-electron chi connectivity index (χ2n) is 33.7. The molecule has 5 amide bonds. The van der Waals surface area contributed by atoms with Crippen LogP contribution in [0.15, 0.2) is 107 Å². The lowest BCUT2D eigenvalue weighted by Gasteiger charge is -2.62. The Morgan fingerprint density at radius 1 is 0.613 bits per heavy atom. The summed E-state index contributed by atoms with van der Waals surface area (Å²) in [6.07, 6.45) is 1.47. The van der Waals surface area contributed by atoms with Crippen molar-refractivity contribution < 1.29 is 71.8 Å². The number of hydroxylamine groups is 4. The van der Waals surface area contributed by atoms with Crippen LogP contribution in [0.1, 0.15) is 126 Å². The van der Waals surface area contributed by atoms with Crippen molar-refractivity contribution >= 4 is 52.9 Å². The van der Waals surface area contributed by atoms with E-state index in [1.54, 1.807) is 73.5 Å². The number of carbonyl (C=O) groups excluding carboxylic acids is 6. The number of nitrogens with one attached hydrogen (secondary N) is 5. The van der Waals surface area contributed by atoms with Gasteiger partial charge in [-0.25, -0.2) is 9.59 Å². The number of hydrogen-bond donors (Lipinski definition) is 5. The highest BCUT2D eigenvalue weighted by atomic mass is 16.7. The molecule has 646 valence electrons. The fourth-order valence-corrected chi connectivity index (χ4v) is 18.3. The van der Waals surface area contributed by atoms with Crippen LogP contribution in [-0.4, -0.2) is 215 Å². The number of para-hydroxylation sites is 2. The molecule has 3 saturated heterocycles. The first kappa shape index (κ1) is 92.4. The molecule has 119 heavy (non-hydrogen) atoms. The lowest BCUT2D eigenvalue weighted by atomic mass is 9.45. The topological polar surface area (TPSA) is 393 Å². The largest absolute Gasteiger partial charge is 0.514 e. The number of ether oxygens (including phenoxy) is 6. The molecule has 33 nitrogen and oxygen atoms in total. The standard InChI is InChI=1S/C42H52N8O9.C38H54N8O6.C4H8O.C2H7N/c1-23-33-19-28(42(33,3)4)20-34(23)46-40(52)37-36(24(2)57-41(53)58-31-14-12-29(13-15-31)50(54)55)35(21-45-47-43)59-49(37)22-25-10-9-11-32(38(25)56-8)26-16-27(39(51)44-5)18-30(17-26)48(6)7;1-21-29-17-26(38(29,3)4)18-30(21)42-36(48)33-32(22(2)51-37(49)45(8)9)31(19-41-43-39)52-46(33)20-23-12-11-13-28(34(23)50-10)24-14-25(35(47)40-5)16-27(15-24)44(6)7;1-2-4-5-3-1;1-3-2/h9-18,23-24,28,33-37H,19-22H2,1-8H3,(H,44,51)(H,46,52);11-16,21-22,26,29-33H,17-20H2,1-10H3,(H,40,47)(H,42,48);1-4H2;3H,1-2H3/t23-,24-,28+,33-,34-,35-,36+,37-;21-,22-,26+,29-,30-,31-,32+,33-;;/m00../s1. The first-order valence-corrected chi connectivity index (χ1v) is 40.7. The summed E-state index contributed by atoms with van der Waals surface area (Å²) in [6.45, 7) is 18.9. The number of nitro benzene ring substituents is 1. The van der Waals surface area contributed by atoms with E-state index < -0.39 is 65.5 Å². The maximum Gasteiger partial charge on any atom is 0.514 e. The SMILES string of the molecule is C1CCOC1.CNC.CNC(=O)c1cc(-c2cccc(CN3O[C@@H](CN=[N+]=[N-])[C@@H]([C@H](C)OC(=O)N(C)C)[C@H]3C(=O)N[C@H]3C[C@H]4C[C@@H]([C@@H]3C)C4(C)C)c2OC)cc(N(C)C)c1.CNC(=O)c1cc(-c2cccc(CN3O[C@@H](CN=[N+]=[N-])[C@@H]([C@H](C)OC(=O)Oc4ccc([N+](=O)[O-])cc4)[C@H]3C(=O)N[C@H]3C[C@H]4C[C@@H]([C@@H]3C)C4(C)C)c2OC)cc(N(C)C)c1. The molecule has 33 heteroatoms. The highest BCUT2D eigenvalue weighted by Crippen LogP contribution is 2.62. The second-order valence-corrected chi connectivity index (χ2v) is 33.7. The third-order valence-electron chi connectivity index (χ3n) is 25.1. The number of anilines is 2. The number of azide groups is 2. The normalized spacial score (nSPS) is 25.0. The van der Waals surface area contributed by atoms with Gasteiger partial charge >= 0.3 is 12.2 Å². The molecule has 3 aliphatic heterocycles. The fraction of sp³-hybridized carbons (Fsp3) is 0.581. The molecule has 3 heterocycles. The predicted molar refractivity (Wildman–Crippen MR) is 452 cm³/mol. The van der Waals surface area contributed by atoms with Crippen molar-refractivity contribution in [3.05, 3.63) is 150 Å². The molecule has 14 rings (SSSR count). The number of nitrogens with zero attached hydrogens (tertiary/aromatic N) is 12. The number of nitro groups is 1. The Morgan fingerprint density at radius 2 is 1.03 bits per heavy atom. The summed E-state index contributed by atoms with van der Waals surface area (Å²) in [5.74, 6) is 0.987. The van der Waals surface area contributed by atoms with Crippen molar-refractivity contribution in [2.45, 2.75) is 156 Å². The van der Waals surface area contributed by atoms with Crippen molar-refractivity contribution in [2.75, 3.05) is 121 Å². The molecule has 6 aliphatic carbocycles. The number of amides is 5. The zero-order valence-corrected chi connectivity index (χ0v) is 72.4. The molecule has 6 saturated carbocycles. The minimum Gasteiger partial charge on any atom is -0.496 e. The van der Waals surface area contributed by atoms with E-state index in [1.165, 1.54) is 53.5 Å². The van der Waals surface area contributed by atoms with Gasteiger partial charge in [-0.3, -0.25) is 39.0 Å². The Hall–Kier alpha value is -10.5. The number of fused-ring (bicyclic) bond motifs is 4. The van der Waals surface area contributed by atoms with Crippen LogP contribution in [0.5, 0.6) is 17.2 Å². The molecular formula is C86H121N17O16. The molecule has 9 aliphatic rings. The average Bonchev–Trinajstić information content (AvgIpc) is 0.959. The Morgan fingerprint density at radius 3 is 1.36 bits per heavy atom. The number of benzene rings is 5. The van der Waals surface area contributed by atoms with Crippen molar-refractivity contribution in [3.8, 4) is 39.5 Å². The summed E-state index contributed by atoms with van der Waals surface area (Å²) < 4.78 is 34.0. The molecule has 0 aromatic heterocycles. The third-order valence-corrected chi connectivity index (χ3v) is 25.1. The first-order valence-electron chi connectivity index (χ1n) is 40.7. The number of rotatable bonds is 26. The summed E-state index contributed by atoms with van der Waals surface area (Å²) in [5.41, 5.74) is 25.8. The quantitative estimate of drug-likeness (QED) is 0.00653. The lowest BCUT2D eigenvalue weighted by Crippen LogP contribution is -2.62. The summed E-state index contributed by atoms with van der Waals surface area (Å²) in [7, 11) is 20.8. The predicted octanol–water partition coefficient (Wildman–Crippen LogP) is 13.0. The van der Waals surface area contributed by atoms with Gasteiger partial charge < -0.3 is 69.7 Å². The smallest absolute Gasteiger partial charge is 0.496 e. The highest BCUT2D eigenvalue weighted by Gasteiger charge is 2.60. The number of non-ortho nitro benzene ring substituents is 1. The van der Waals surface area contributed by atoms with Gasteiger partial charge in [-0.15, -0.1) is 0 Å². The van der Waals surface area contributed by atoms with Crippen LogP contribution in [0.2, 0.25) is 0 Å². The van der Waals surface area contributed by atoms with E-state index in [0.29, 0.717) is 57.4 Å². The van der Waals surface area contributed by atoms with Gasteiger partial charge in [-0.2, -0.15) is 10.1 Å². The first-order chi connectivity index (χ1) is 56.6. The molecule has 5 aromatic carbocycles. The summed E-state index contributed by atoms with van der Waals surface area (Å²) in [5, 5.41) is 36.7. The van der Waals surface area contributed by atoms with Gasteiger partial charge in [0.05, 0.1) is 69.4 Å². The van der Waals surface area contributed by atoms with Gasteiger partial charge in [0, 0.05) is 148 Å². The van der Waals surface area contributed by atoms with Crippen LogP contribution in [0.3, 0.4) is 0 Å². The molecule has 5 N–H and O–H groups in total. The molecule has 0 radical (unpaired) electrons. The van der Waals surface area contributed by atoms with Crippen LogP contribution in [0.25, 0.3) is 43.1 Å². The number of methoxy groups -OCH3 is 2. The van der Waals surface area contributed by atoms with Gasteiger partial charge in [0.15, 0.2) is 0 Å². The minimum absolute atomic E-state index is 0.0149. The van der Waals surface area contributed by atoms with E-state index >= 15 is 0 Å². The van der Waals surface area contributed by atoms with Gasteiger partial charge in [-0.1, -0.05) is 88.2 Å². The van der Waals surface area contributed by atoms with Crippen molar-refractivity contribution in [2.24, 2.45) is 68.4 Å². The number of carbonyl (C=O) groups is 6. The zero-order valence-electron chi connectivity index (χ0n) is 72.4. The van der Waals surface area contributed by atoms with Crippen molar-refractivity contribution in [3.63, 3.8) is 0 Å². The molecule has 0 spiro atoms. The van der Waals surface area contributed by atoms with E-state index in [-0.39, 0.29) is 96.0 Å².